The number of ketones is 1. The number of esters is 1. The first-order valence-corrected chi connectivity index (χ1v) is 16.1. The SMILES string of the molecule is CO[C@]1(C)C[C@@H](C)CN(C)[C@H](c2ccc(-c3cccc(N)c3)cc2)COC(=O)C(C)(C)C(=O)[C@H](C)[C@H]1O[C@@H]1O[C@@H](C)CC[C@H]1O. The number of benzene rings is 2. The van der Waals surface area contributed by atoms with Crippen molar-refractivity contribution in [1.82, 2.24) is 4.90 Å². The van der Waals surface area contributed by atoms with Crippen molar-refractivity contribution in [2.75, 3.05) is 33.0 Å². The van der Waals surface area contributed by atoms with Crippen molar-refractivity contribution in [3.63, 3.8) is 0 Å². The summed E-state index contributed by atoms with van der Waals surface area (Å²) in [4.78, 5) is 29.9. The first-order chi connectivity index (χ1) is 21.2. The first-order valence-electron chi connectivity index (χ1n) is 16.1. The number of Topliss-reactive ketones (excluding diaryl/α,β-unsaturated/α-hetero) is 1. The molecule has 0 radical (unpaired) electrons. The van der Waals surface area contributed by atoms with Crippen molar-refractivity contribution in [3.05, 3.63) is 54.1 Å². The predicted octanol–water partition coefficient (Wildman–Crippen LogP) is 5.40. The average Bonchev–Trinajstić information content (AvgIpc) is 3.00. The Kier molecular flexibility index (Phi) is 11.1. The second kappa shape index (κ2) is 14.3. The van der Waals surface area contributed by atoms with Crippen LogP contribution in [0.2, 0.25) is 0 Å². The Morgan fingerprint density at radius 3 is 2.33 bits per heavy atom. The number of carbonyl (C=O) groups excluding carboxylic acids is 2. The van der Waals surface area contributed by atoms with E-state index in [4.69, 9.17) is 24.7 Å². The zero-order valence-electron chi connectivity index (χ0n) is 28.1. The Balaban J connectivity index is 1.67. The lowest BCUT2D eigenvalue weighted by molar-refractivity contribution is -0.285. The van der Waals surface area contributed by atoms with Crippen LogP contribution in [0, 0.1) is 17.3 Å². The first kappa shape index (κ1) is 35.0. The van der Waals surface area contributed by atoms with E-state index in [0.717, 1.165) is 23.1 Å². The highest BCUT2D eigenvalue weighted by atomic mass is 16.7. The largest absolute Gasteiger partial charge is 0.463 e. The van der Waals surface area contributed by atoms with Crippen molar-refractivity contribution < 1.29 is 33.6 Å². The van der Waals surface area contributed by atoms with Crippen LogP contribution >= 0.6 is 0 Å². The summed E-state index contributed by atoms with van der Waals surface area (Å²) in [6.07, 6.45) is -0.820. The van der Waals surface area contributed by atoms with Crippen molar-refractivity contribution in [2.45, 2.75) is 97.0 Å². The number of nitrogens with two attached hydrogens (primary N) is 1. The number of cyclic esters (lactones) is 1. The molecule has 2 aromatic carbocycles. The van der Waals surface area contributed by atoms with Crippen LogP contribution in [0.15, 0.2) is 48.5 Å². The van der Waals surface area contributed by atoms with Gasteiger partial charge in [-0.1, -0.05) is 50.2 Å². The third-order valence-corrected chi connectivity index (χ3v) is 9.67. The molecule has 248 valence electrons. The molecule has 2 aliphatic rings. The number of anilines is 1. The van der Waals surface area contributed by atoms with Gasteiger partial charge in [0.15, 0.2) is 12.1 Å². The molecule has 0 saturated carbocycles. The summed E-state index contributed by atoms with van der Waals surface area (Å²) in [6, 6.07) is 15.7. The minimum atomic E-state index is -1.45. The van der Waals surface area contributed by atoms with E-state index in [-0.39, 0.29) is 30.5 Å². The van der Waals surface area contributed by atoms with Gasteiger partial charge in [0.1, 0.15) is 18.1 Å². The van der Waals surface area contributed by atoms with Gasteiger partial charge in [-0.3, -0.25) is 14.5 Å². The number of aliphatic hydroxyl groups is 1. The lowest BCUT2D eigenvalue weighted by Gasteiger charge is -2.45. The van der Waals surface area contributed by atoms with E-state index in [2.05, 4.69) is 11.8 Å². The minimum absolute atomic E-state index is 0.0895. The van der Waals surface area contributed by atoms with Gasteiger partial charge in [0.05, 0.1) is 23.9 Å². The highest BCUT2D eigenvalue weighted by molar-refractivity contribution is 6.04. The quantitative estimate of drug-likeness (QED) is 0.256. The molecule has 9 nitrogen and oxygen atoms in total. The molecule has 0 aliphatic carbocycles. The number of nitrogens with zero attached hydrogens (tertiary/aromatic N) is 1. The van der Waals surface area contributed by atoms with Crippen LogP contribution in [-0.2, 0) is 28.5 Å². The summed E-state index contributed by atoms with van der Waals surface area (Å²) < 4.78 is 24.6. The summed E-state index contributed by atoms with van der Waals surface area (Å²) in [5, 5.41) is 10.8. The zero-order chi connectivity index (χ0) is 33.1. The molecule has 9 heteroatoms. The fraction of sp³-hybridized carbons (Fsp3) is 0.611. The molecule has 0 unspecified atom stereocenters. The van der Waals surface area contributed by atoms with Crippen molar-refractivity contribution in [3.8, 4) is 11.1 Å². The number of carbonyl (C=O) groups is 2. The molecule has 0 aromatic heterocycles. The summed E-state index contributed by atoms with van der Waals surface area (Å²) in [6.45, 7) is 11.7. The fourth-order valence-electron chi connectivity index (χ4n) is 6.91. The maximum Gasteiger partial charge on any atom is 0.319 e. The molecule has 0 bridgehead atoms. The normalized spacial score (nSPS) is 33.8. The van der Waals surface area contributed by atoms with Gasteiger partial charge in [0, 0.05) is 25.3 Å². The lowest BCUT2D eigenvalue weighted by Crippen LogP contribution is -2.56. The summed E-state index contributed by atoms with van der Waals surface area (Å²) >= 11 is 0. The van der Waals surface area contributed by atoms with E-state index < -0.39 is 41.4 Å². The standard InChI is InChI=1S/C36H52N2O7/c1-22-19-36(6,42-8)32(45-33-30(39)17-12-23(2)44-33)24(3)31(40)35(4,5)34(41)43-21-29(38(7)20-22)26-15-13-25(14-16-26)27-10-9-11-28(37)18-27/h9-11,13-16,18,22-24,29-30,32-33,39H,12,17,19-21,37H2,1-8H3/t22-,23+,24+,29+,30-,32-,33+,36-/m1/s1. The Morgan fingerprint density at radius 2 is 1.69 bits per heavy atom. The third-order valence-electron chi connectivity index (χ3n) is 9.67. The third kappa shape index (κ3) is 7.95. The number of rotatable bonds is 5. The molecular formula is C36H52N2O7. The molecule has 4 rings (SSSR count). The molecule has 2 aromatic rings. The number of hydrogen-bond donors (Lipinski definition) is 2. The van der Waals surface area contributed by atoms with Gasteiger partial charge in [-0.25, -0.2) is 0 Å². The van der Waals surface area contributed by atoms with Crippen molar-refractivity contribution in [1.29, 1.82) is 0 Å². The zero-order valence-corrected chi connectivity index (χ0v) is 28.1. The Morgan fingerprint density at radius 1 is 1.00 bits per heavy atom. The summed E-state index contributed by atoms with van der Waals surface area (Å²) in [7, 11) is 3.64. The van der Waals surface area contributed by atoms with Crippen LogP contribution in [0.3, 0.4) is 0 Å². The van der Waals surface area contributed by atoms with E-state index in [1.165, 1.54) is 0 Å². The smallest absolute Gasteiger partial charge is 0.319 e. The monoisotopic (exact) mass is 624 g/mol. The molecule has 2 fully saturated rings. The van der Waals surface area contributed by atoms with Gasteiger partial charge in [0.2, 0.25) is 0 Å². The van der Waals surface area contributed by atoms with Crippen molar-refractivity contribution in [2.24, 2.45) is 17.3 Å². The second-order valence-corrected chi connectivity index (χ2v) is 13.9. The number of nitrogen functional groups attached to an aromatic ring is 1. The lowest BCUT2D eigenvalue weighted by atomic mass is 9.74. The maximum absolute atomic E-state index is 14.1. The van der Waals surface area contributed by atoms with Gasteiger partial charge in [-0.2, -0.15) is 0 Å². The average molecular weight is 625 g/mol. The molecule has 0 spiro atoms. The summed E-state index contributed by atoms with van der Waals surface area (Å²) in [5.74, 6) is -1.57. The molecule has 2 saturated heterocycles. The minimum Gasteiger partial charge on any atom is -0.463 e. The molecule has 2 aliphatic heterocycles. The predicted molar refractivity (Wildman–Crippen MR) is 174 cm³/mol. The highest BCUT2D eigenvalue weighted by Crippen LogP contribution is 2.38. The number of likely N-dealkylation sites (N-methyl/N-ethyl adjacent to an activating group) is 1. The van der Waals surface area contributed by atoms with Crippen LogP contribution in [0.5, 0.6) is 0 Å². The Bertz CT molecular complexity index is 1310. The van der Waals surface area contributed by atoms with Gasteiger partial charge < -0.3 is 29.8 Å². The van der Waals surface area contributed by atoms with Gasteiger partial charge in [0.25, 0.3) is 0 Å². The maximum atomic E-state index is 14.1. The second-order valence-electron chi connectivity index (χ2n) is 13.9. The highest BCUT2D eigenvalue weighted by Gasteiger charge is 2.50. The van der Waals surface area contributed by atoms with E-state index in [1.807, 2.05) is 69.4 Å². The van der Waals surface area contributed by atoms with Crippen molar-refractivity contribution >= 4 is 17.4 Å². The van der Waals surface area contributed by atoms with E-state index in [1.54, 1.807) is 27.9 Å². The topological polar surface area (TPSA) is 121 Å². The van der Waals surface area contributed by atoms with E-state index >= 15 is 0 Å². The van der Waals surface area contributed by atoms with Gasteiger partial charge in [-0.15, -0.1) is 0 Å². The van der Waals surface area contributed by atoms with E-state index in [0.29, 0.717) is 25.1 Å². The molecular weight excluding hydrogens is 572 g/mol. The Labute approximate surface area is 268 Å². The van der Waals surface area contributed by atoms with Crippen LogP contribution in [-0.4, -0.2) is 79.3 Å². The molecule has 45 heavy (non-hydrogen) atoms. The molecule has 2 heterocycles. The van der Waals surface area contributed by atoms with Crippen LogP contribution in [0.4, 0.5) is 5.69 Å². The molecule has 0 amide bonds. The fourth-order valence-corrected chi connectivity index (χ4v) is 6.91. The number of ether oxygens (including phenoxy) is 4. The van der Waals surface area contributed by atoms with Gasteiger partial charge >= 0.3 is 5.97 Å². The van der Waals surface area contributed by atoms with E-state index in [9.17, 15) is 14.7 Å². The summed E-state index contributed by atoms with van der Waals surface area (Å²) in [5.41, 5.74) is 7.38. The molecule has 3 N–H and O–H groups in total. The van der Waals surface area contributed by atoms with Crippen LogP contribution in [0.1, 0.15) is 72.4 Å². The Hall–Kier alpha value is -2.82. The van der Waals surface area contributed by atoms with Gasteiger partial charge in [-0.05, 0) is 88.7 Å². The molecule has 8 atom stereocenters. The number of aliphatic hydroxyl groups excluding tert-OH is 1. The van der Waals surface area contributed by atoms with Crippen LogP contribution in [0.25, 0.3) is 11.1 Å². The number of hydrogen-bond acceptors (Lipinski definition) is 9. The van der Waals surface area contributed by atoms with Crippen LogP contribution < -0.4 is 5.73 Å². The number of methoxy groups -OCH3 is 1.